The normalized spacial score (nSPS) is 25.0. The summed E-state index contributed by atoms with van der Waals surface area (Å²) in [5.74, 6) is -2.36. The van der Waals surface area contributed by atoms with Gasteiger partial charge in [0.1, 0.15) is 5.75 Å². The van der Waals surface area contributed by atoms with Gasteiger partial charge in [-0.2, -0.15) is 0 Å². The number of carboxylic acid groups (broad SMARTS) is 2. The number of carbonyl (C=O) groups is 2. The Morgan fingerprint density at radius 3 is 2.58 bits per heavy atom. The van der Waals surface area contributed by atoms with Gasteiger partial charge in [0.05, 0.1) is 31.9 Å². The highest BCUT2D eigenvalue weighted by molar-refractivity contribution is 5.89. The Labute approximate surface area is 138 Å². The molecule has 8 heteroatoms. The first-order chi connectivity index (χ1) is 11.5. The lowest BCUT2D eigenvalue weighted by molar-refractivity contribution is -0.186. The van der Waals surface area contributed by atoms with E-state index in [1.54, 1.807) is 7.11 Å². The fourth-order valence-corrected chi connectivity index (χ4v) is 2.49. The van der Waals surface area contributed by atoms with E-state index in [0.717, 1.165) is 17.9 Å². The van der Waals surface area contributed by atoms with Crippen molar-refractivity contribution >= 4 is 11.9 Å². The average molecular weight is 337 g/mol. The van der Waals surface area contributed by atoms with Crippen LogP contribution < -0.4 is 10.1 Å². The molecule has 0 radical (unpaired) electrons. The number of rotatable bonds is 4. The molecule has 0 aliphatic carbocycles. The van der Waals surface area contributed by atoms with Crippen molar-refractivity contribution in [3.63, 3.8) is 0 Å². The molecule has 1 aromatic rings. The van der Waals surface area contributed by atoms with E-state index < -0.39 is 17.7 Å². The zero-order valence-electron chi connectivity index (χ0n) is 13.1. The third-order valence-corrected chi connectivity index (χ3v) is 3.47. The van der Waals surface area contributed by atoms with E-state index in [4.69, 9.17) is 24.4 Å². The van der Waals surface area contributed by atoms with Gasteiger partial charge in [-0.1, -0.05) is 12.1 Å². The largest absolute Gasteiger partial charge is 0.496 e. The van der Waals surface area contributed by atoms with Gasteiger partial charge >= 0.3 is 11.9 Å². The van der Waals surface area contributed by atoms with Crippen LogP contribution in [0, 0.1) is 0 Å². The average Bonchev–Trinajstić information content (AvgIpc) is 2.88. The highest BCUT2D eigenvalue weighted by Crippen LogP contribution is 2.40. The number of nitrogens with one attached hydrogen (secondary N) is 1. The molecule has 2 fully saturated rings. The molecular weight excluding hydrogens is 318 g/mol. The van der Waals surface area contributed by atoms with Gasteiger partial charge in [0.25, 0.3) is 0 Å². The summed E-state index contributed by atoms with van der Waals surface area (Å²) >= 11 is 0. The first-order valence-corrected chi connectivity index (χ1v) is 7.27. The monoisotopic (exact) mass is 337 g/mol. The van der Waals surface area contributed by atoms with Gasteiger partial charge < -0.3 is 29.7 Å². The summed E-state index contributed by atoms with van der Waals surface area (Å²) in [5, 5.41) is 19.0. The van der Waals surface area contributed by atoms with Crippen molar-refractivity contribution in [2.45, 2.75) is 11.9 Å². The number of ether oxygens (including phenoxy) is 3. The molecule has 0 amide bonds. The first-order valence-electron chi connectivity index (χ1n) is 7.27. The molecule has 3 rings (SSSR count). The molecule has 130 valence electrons. The van der Waals surface area contributed by atoms with Crippen LogP contribution in [0.25, 0.3) is 0 Å². The maximum Gasteiger partial charge on any atom is 0.328 e. The molecular formula is C16H19NO7. The van der Waals surface area contributed by atoms with Gasteiger partial charge in [0.15, 0.2) is 0 Å². The quantitative estimate of drug-likeness (QED) is 0.684. The van der Waals surface area contributed by atoms with E-state index in [1.807, 2.05) is 24.3 Å². The second kappa shape index (κ2) is 7.91. The molecule has 0 aromatic heterocycles. The molecule has 0 saturated carbocycles. The van der Waals surface area contributed by atoms with Crippen LogP contribution in [-0.2, 0) is 24.8 Å². The predicted molar refractivity (Wildman–Crippen MR) is 82.8 cm³/mol. The molecule has 2 heterocycles. The van der Waals surface area contributed by atoms with Gasteiger partial charge in [-0.05, 0) is 12.1 Å². The number of methoxy groups -OCH3 is 1. The number of aliphatic carboxylic acids is 2. The van der Waals surface area contributed by atoms with Crippen LogP contribution >= 0.6 is 0 Å². The number of hydrogen-bond acceptors (Lipinski definition) is 6. The highest BCUT2D eigenvalue weighted by Gasteiger charge is 2.47. The number of morpholine rings is 1. The zero-order valence-corrected chi connectivity index (χ0v) is 13.1. The van der Waals surface area contributed by atoms with Crippen molar-refractivity contribution in [3.8, 4) is 5.75 Å². The Morgan fingerprint density at radius 2 is 1.96 bits per heavy atom. The topological polar surface area (TPSA) is 114 Å². The molecule has 2 saturated heterocycles. The summed E-state index contributed by atoms with van der Waals surface area (Å²) in [5.41, 5.74) is 0.965. The van der Waals surface area contributed by atoms with Crippen molar-refractivity contribution < 1.29 is 34.0 Å². The molecule has 3 N–H and O–H groups in total. The summed E-state index contributed by atoms with van der Waals surface area (Å²) in [6.07, 6.45) is 1.27. The fraction of sp³-hybridized carbons (Fsp3) is 0.375. The molecule has 2 aliphatic heterocycles. The Hall–Kier alpha value is -2.42. The molecule has 0 spiro atoms. The van der Waals surface area contributed by atoms with Gasteiger partial charge in [-0.25, -0.2) is 9.59 Å². The molecule has 2 bridgehead atoms. The van der Waals surface area contributed by atoms with Crippen LogP contribution in [0.15, 0.2) is 36.4 Å². The minimum Gasteiger partial charge on any atom is -0.496 e. The standard InChI is InChI=1S/C12H15NO3.C4H4O4/c1-14-11-5-3-2-4-10(11)12-8-13-6-9(16-12)7-15-12;5-3(6)1-2-4(7)8/h2-5,9,13H,6-8H2,1H3;1-2H,(H,5,6)(H,7,8)/b;2-1+. The Kier molecular flexibility index (Phi) is 5.91. The first kappa shape index (κ1) is 17.9. The van der Waals surface area contributed by atoms with E-state index >= 15 is 0 Å². The molecule has 24 heavy (non-hydrogen) atoms. The van der Waals surface area contributed by atoms with Crippen LogP contribution in [0.3, 0.4) is 0 Å². The maximum absolute atomic E-state index is 9.55. The third kappa shape index (κ3) is 4.31. The zero-order chi connectivity index (χ0) is 17.6. The van der Waals surface area contributed by atoms with E-state index in [2.05, 4.69) is 5.32 Å². The van der Waals surface area contributed by atoms with E-state index in [9.17, 15) is 9.59 Å². The lowest BCUT2D eigenvalue weighted by Crippen LogP contribution is -2.46. The summed E-state index contributed by atoms with van der Waals surface area (Å²) < 4.78 is 17.1. The van der Waals surface area contributed by atoms with Gasteiger partial charge in [0.2, 0.25) is 5.79 Å². The van der Waals surface area contributed by atoms with Gasteiger partial charge in [-0.15, -0.1) is 0 Å². The second-order valence-electron chi connectivity index (χ2n) is 5.14. The smallest absolute Gasteiger partial charge is 0.328 e. The fourth-order valence-electron chi connectivity index (χ4n) is 2.49. The number of benzene rings is 1. The van der Waals surface area contributed by atoms with Gasteiger partial charge in [-0.3, -0.25) is 0 Å². The van der Waals surface area contributed by atoms with Crippen LogP contribution in [0.2, 0.25) is 0 Å². The van der Waals surface area contributed by atoms with Crippen LogP contribution in [-0.4, -0.2) is 55.1 Å². The Bertz CT molecular complexity index is 611. The number of para-hydroxylation sites is 1. The van der Waals surface area contributed by atoms with Crippen molar-refractivity contribution in [2.75, 3.05) is 26.8 Å². The van der Waals surface area contributed by atoms with Crippen molar-refractivity contribution in [1.29, 1.82) is 0 Å². The molecule has 8 nitrogen and oxygen atoms in total. The Balaban J connectivity index is 0.000000224. The van der Waals surface area contributed by atoms with Crippen LogP contribution in [0.4, 0.5) is 0 Å². The maximum atomic E-state index is 9.55. The second-order valence-corrected chi connectivity index (χ2v) is 5.14. The molecule has 1 aromatic carbocycles. The number of hydrogen-bond donors (Lipinski definition) is 3. The van der Waals surface area contributed by atoms with Gasteiger partial charge in [0, 0.05) is 18.7 Å². The van der Waals surface area contributed by atoms with Crippen molar-refractivity contribution in [1.82, 2.24) is 5.32 Å². The summed E-state index contributed by atoms with van der Waals surface area (Å²) in [6.45, 7) is 2.17. The van der Waals surface area contributed by atoms with E-state index in [-0.39, 0.29) is 6.10 Å². The summed E-state index contributed by atoms with van der Waals surface area (Å²) in [4.78, 5) is 19.1. The molecule has 2 aliphatic rings. The minimum absolute atomic E-state index is 0.152. The lowest BCUT2D eigenvalue weighted by Gasteiger charge is -2.33. The SMILES string of the molecule is COc1ccccc1C12CNCC(CO1)O2.O=C(O)/C=C/C(=O)O. The lowest BCUT2D eigenvalue weighted by atomic mass is 10.0. The predicted octanol–water partition coefficient (Wildman–Crippen LogP) is 0.578. The number of carboxylic acids is 2. The minimum atomic E-state index is -1.26. The van der Waals surface area contributed by atoms with E-state index in [0.29, 0.717) is 25.3 Å². The summed E-state index contributed by atoms with van der Waals surface area (Å²) in [7, 11) is 1.66. The van der Waals surface area contributed by atoms with Crippen molar-refractivity contribution in [2.24, 2.45) is 0 Å². The van der Waals surface area contributed by atoms with Crippen LogP contribution in [0.1, 0.15) is 5.56 Å². The van der Waals surface area contributed by atoms with Crippen LogP contribution in [0.5, 0.6) is 5.75 Å². The summed E-state index contributed by atoms with van der Waals surface area (Å²) in [6, 6.07) is 7.84. The van der Waals surface area contributed by atoms with E-state index in [1.165, 1.54) is 0 Å². The highest BCUT2D eigenvalue weighted by atomic mass is 16.7. The number of fused-ring (bicyclic) bond motifs is 2. The third-order valence-electron chi connectivity index (χ3n) is 3.47. The van der Waals surface area contributed by atoms with Crippen molar-refractivity contribution in [3.05, 3.63) is 42.0 Å². The molecule has 2 atom stereocenters. The Morgan fingerprint density at radius 1 is 1.29 bits per heavy atom. The molecule has 2 unspecified atom stereocenters.